The van der Waals surface area contributed by atoms with Crippen LogP contribution in [-0.2, 0) is 0 Å². The standard InChI is InChI=1S/C8H4ClNO2/c9-4-1-2-5-6(3-4)8(12)10-7(5)11/h1-3H,(H,10,11,12). The Bertz CT molecular complexity index is 387. The van der Waals surface area contributed by atoms with Gasteiger partial charge in [0.2, 0.25) is 0 Å². The van der Waals surface area contributed by atoms with Crippen LogP contribution in [-0.4, -0.2) is 11.8 Å². The van der Waals surface area contributed by atoms with E-state index in [1.807, 2.05) is 0 Å². The first-order chi connectivity index (χ1) is 5.68. The van der Waals surface area contributed by atoms with Crippen molar-refractivity contribution >= 4 is 23.4 Å². The van der Waals surface area contributed by atoms with Crippen LogP contribution in [0.4, 0.5) is 0 Å². The summed E-state index contributed by atoms with van der Waals surface area (Å²) in [6.45, 7) is 0. The third kappa shape index (κ3) is 0.905. The summed E-state index contributed by atoms with van der Waals surface area (Å²) >= 11 is 5.65. The van der Waals surface area contributed by atoms with Crippen LogP contribution >= 0.6 is 11.6 Å². The van der Waals surface area contributed by atoms with E-state index >= 15 is 0 Å². The average molecular weight is 182 g/mol. The number of carbonyl (C=O) groups is 2. The molecule has 1 aliphatic heterocycles. The number of rotatable bonds is 0. The van der Waals surface area contributed by atoms with Gasteiger partial charge < -0.3 is 0 Å². The molecule has 0 bridgehead atoms. The average Bonchev–Trinajstić information content (AvgIpc) is 2.28. The molecule has 0 aromatic heterocycles. The van der Waals surface area contributed by atoms with Crippen molar-refractivity contribution in [1.82, 2.24) is 5.32 Å². The molecule has 0 aliphatic carbocycles. The van der Waals surface area contributed by atoms with Gasteiger partial charge in [0, 0.05) is 5.02 Å². The lowest BCUT2D eigenvalue weighted by atomic mass is 10.1. The lowest BCUT2D eigenvalue weighted by Crippen LogP contribution is -2.19. The largest absolute Gasteiger partial charge is 0.288 e. The van der Waals surface area contributed by atoms with E-state index in [1.165, 1.54) is 12.1 Å². The van der Waals surface area contributed by atoms with E-state index in [0.29, 0.717) is 16.1 Å². The van der Waals surface area contributed by atoms with Crippen LogP contribution in [0, 0.1) is 0 Å². The van der Waals surface area contributed by atoms with Crippen molar-refractivity contribution < 1.29 is 9.59 Å². The highest BCUT2D eigenvalue weighted by atomic mass is 35.5. The third-order valence-electron chi connectivity index (χ3n) is 1.70. The Morgan fingerprint density at radius 2 is 1.75 bits per heavy atom. The molecule has 2 rings (SSSR count). The first-order valence-corrected chi connectivity index (χ1v) is 3.71. The molecule has 0 saturated heterocycles. The minimum atomic E-state index is -0.377. The van der Waals surface area contributed by atoms with Gasteiger partial charge in [0.05, 0.1) is 11.1 Å². The highest BCUT2D eigenvalue weighted by molar-refractivity contribution is 6.32. The fraction of sp³-hybridized carbons (Fsp3) is 0. The van der Waals surface area contributed by atoms with Gasteiger partial charge in [-0.2, -0.15) is 0 Å². The molecular weight excluding hydrogens is 178 g/mol. The molecule has 4 heteroatoms. The lowest BCUT2D eigenvalue weighted by Gasteiger charge is -1.92. The van der Waals surface area contributed by atoms with Gasteiger partial charge in [0.1, 0.15) is 0 Å². The van der Waals surface area contributed by atoms with Crippen LogP contribution in [0.3, 0.4) is 0 Å². The summed E-state index contributed by atoms with van der Waals surface area (Å²) in [5.74, 6) is -0.732. The molecule has 1 aliphatic rings. The molecule has 3 nitrogen and oxygen atoms in total. The fourth-order valence-electron chi connectivity index (χ4n) is 1.14. The highest BCUT2D eigenvalue weighted by Crippen LogP contribution is 2.19. The zero-order valence-electron chi connectivity index (χ0n) is 5.93. The van der Waals surface area contributed by atoms with E-state index < -0.39 is 0 Å². The summed E-state index contributed by atoms with van der Waals surface area (Å²) in [6.07, 6.45) is 0. The maximum atomic E-state index is 11.0. The number of nitrogens with one attached hydrogen (secondary N) is 1. The van der Waals surface area contributed by atoms with Crippen LogP contribution in [0.2, 0.25) is 5.02 Å². The zero-order chi connectivity index (χ0) is 8.72. The quantitative estimate of drug-likeness (QED) is 0.612. The number of imide groups is 1. The maximum absolute atomic E-state index is 11.0. The van der Waals surface area contributed by atoms with E-state index in [2.05, 4.69) is 5.32 Å². The minimum absolute atomic E-state index is 0.354. The molecule has 1 aromatic carbocycles. The van der Waals surface area contributed by atoms with Gasteiger partial charge in [-0.3, -0.25) is 14.9 Å². The van der Waals surface area contributed by atoms with Crippen LogP contribution in [0.15, 0.2) is 18.2 Å². The van der Waals surface area contributed by atoms with Gasteiger partial charge in [-0.15, -0.1) is 0 Å². The van der Waals surface area contributed by atoms with Crippen molar-refractivity contribution in [3.05, 3.63) is 34.3 Å². The molecule has 0 spiro atoms. The Kier molecular flexibility index (Phi) is 1.41. The Hall–Kier alpha value is -1.35. The molecule has 0 radical (unpaired) electrons. The van der Waals surface area contributed by atoms with Crippen LogP contribution in [0.1, 0.15) is 20.7 Å². The predicted molar refractivity (Wildman–Crippen MR) is 43.2 cm³/mol. The second kappa shape index (κ2) is 2.32. The number of amides is 2. The van der Waals surface area contributed by atoms with Crippen molar-refractivity contribution in [2.75, 3.05) is 0 Å². The first-order valence-electron chi connectivity index (χ1n) is 3.34. The smallest absolute Gasteiger partial charge is 0.258 e. The Morgan fingerprint density at radius 3 is 2.50 bits per heavy atom. The number of fused-ring (bicyclic) bond motifs is 1. The maximum Gasteiger partial charge on any atom is 0.258 e. The van der Waals surface area contributed by atoms with E-state index in [1.54, 1.807) is 6.07 Å². The van der Waals surface area contributed by atoms with Crippen LogP contribution < -0.4 is 5.32 Å². The minimum Gasteiger partial charge on any atom is -0.288 e. The number of hydrogen-bond acceptors (Lipinski definition) is 2. The molecule has 0 atom stereocenters. The molecule has 60 valence electrons. The van der Waals surface area contributed by atoms with Crippen LogP contribution in [0.25, 0.3) is 0 Å². The van der Waals surface area contributed by atoms with Gasteiger partial charge in [0.25, 0.3) is 11.8 Å². The summed E-state index contributed by atoms with van der Waals surface area (Å²) in [4.78, 5) is 22.0. The second-order valence-electron chi connectivity index (χ2n) is 2.47. The predicted octanol–water partition coefficient (Wildman–Crippen LogP) is 1.22. The van der Waals surface area contributed by atoms with E-state index in [4.69, 9.17) is 11.6 Å². The summed E-state index contributed by atoms with van der Waals surface area (Å²) in [7, 11) is 0. The third-order valence-corrected chi connectivity index (χ3v) is 1.93. The van der Waals surface area contributed by atoms with Gasteiger partial charge in [0.15, 0.2) is 0 Å². The van der Waals surface area contributed by atoms with Gasteiger partial charge >= 0.3 is 0 Å². The van der Waals surface area contributed by atoms with Gasteiger partial charge in [-0.05, 0) is 18.2 Å². The number of halogens is 1. The van der Waals surface area contributed by atoms with E-state index in [0.717, 1.165) is 0 Å². The van der Waals surface area contributed by atoms with Crippen molar-refractivity contribution in [2.45, 2.75) is 0 Å². The Labute approximate surface area is 73.3 Å². The molecule has 2 amide bonds. The Morgan fingerprint density at radius 1 is 1.08 bits per heavy atom. The van der Waals surface area contributed by atoms with E-state index in [-0.39, 0.29) is 11.8 Å². The Balaban J connectivity index is 2.68. The lowest BCUT2D eigenvalue weighted by molar-refractivity contribution is 0.0879. The number of hydrogen-bond donors (Lipinski definition) is 1. The molecule has 0 unspecified atom stereocenters. The van der Waals surface area contributed by atoms with Crippen molar-refractivity contribution in [2.24, 2.45) is 0 Å². The summed E-state index contributed by atoms with van der Waals surface area (Å²) in [5.41, 5.74) is 0.747. The van der Waals surface area contributed by atoms with E-state index in [9.17, 15) is 9.59 Å². The molecule has 1 aromatic rings. The molecular formula is C8H4ClNO2. The normalized spacial score (nSPS) is 14.4. The summed E-state index contributed by atoms with van der Waals surface area (Å²) in [5, 5.41) is 2.63. The fourth-order valence-corrected chi connectivity index (χ4v) is 1.31. The van der Waals surface area contributed by atoms with Gasteiger partial charge in [-0.1, -0.05) is 11.6 Å². The molecule has 0 saturated carbocycles. The summed E-state index contributed by atoms with van der Waals surface area (Å²) < 4.78 is 0. The second-order valence-corrected chi connectivity index (χ2v) is 2.91. The van der Waals surface area contributed by atoms with Crippen molar-refractivity contribution in [1.29, 1.82) is 0 Å². The molecule has 1 N–H and O–H groups in total. The monoisotopic (exact) mass is 181 g/mol. The summed E-state index contributed by atoms with van der Waals surface area (Å²) in [6, 6.07) is 4.60. The SMILES string of the molecule is O=C1NC(=O)c2cc(Cl)ccc21. The topological polar surface area (TPSA) is 46.2 Å². The van der Waals surface area contributed by atoms with Crippen molar-refractivity contribution in [3.8, 4) is 0 Å². The number of benzene rings is 1. The molecule has 0 fully saturated rings. The van der Waals surface area contributed by atoms with Gasteiger partial charge in [-0.25, -0.2) is 0 Å². The number of carbonyl (C=O) groups excluding carboxylic acids is 2. The van der Waals surface area contributed by atoms with Crippen LogP contribution in [0.5, 0.6) is 0 Å². The zero-order valence-corrected chi connectivity index (χ0v) is 6.68. The molecule has 12 heavy (non-hydrogen) atoms. The highest BCUT2D eigenvalue weighted by Gasteiger charge is 2.26. The van der Waals surface area contributed by atoms with Crippen molar-refractivity contribution in [3.63, 3.8) is 0 Å². The first kappa shape index (κ1) is 7.31. The molecule has 1 heterocycles.